The molecule has 2 aromatic heterocycles. The van der Waals surface area contributed by atoms with Crippen LogP contribution in [0.15, 0.2) is 24.7 Å². The molecular weight excluding hydrogens is 280 g/mol. The molecule has 2 heterocycles. The minimum atomic E-state index is -0.220. The van der Waals surface area contributed by atoms with Crippen LogP contribution in [-0.2, 0) is 6.54 Å². The van der Waals surface area contributed by atoms with Crippen LogP contribution in [0.2, 0.25) is 5.02 Å². The maximum atomic E-state index is 11.9. The van der Waals surface area contributed by atoms with Gasteiger partial charge in [-0.05, 0) is 13.0 Å². The maximum absolute atomic E-state index is 11.9. The third-order valence-corrected chi connectivity index (χ3v) is 2.83. The van der Waals surface area contributed by atoms with E-state index in [-0.39, 0.29) is 5.91 Å². The number of carbonyl (C=O) groups excluding carboxylic acids is 1. The van der Waals surface area contributed by atoms with E-state index in [1.54, 1.807) is 23.1 Å². The average molecular weight is 295 g/mol. The highest BCUT2D eigenvalue weighted by Crippen LogP contribution is 2.19. The lowest BCUT2D eigenvalue weighted by Crippen LogP contribution is -2.27. The number of nitrogens with one attached hydrogen (secondary N) is 2. The van der Waals surface area contributed by atoms with Crippen molar-refractivity contribution in [3.05, 3.63) is 35.2 Å². The molecule has 0 aromatic carbocycles. The van der Waals surface area contributed by atoms with Crippen LogP contribution in [0.5, 0.6) is 0 Å². The molecule has 0 aliphatic rings. The summed E-state index contributed by atoms with van der Waals surface area (Å²) in [6.07, 6.45) is 4.81. The number of amides is 1. The van der Waals surface area contributed by atoms with Crippen LogP contribution in [0.3, 0.4) is 0 Å². The molecule has 106 valence electrons. The first kappa shape index (κ1) is 14.3. The standard InChI is InChI=1S/C12H15ClN6O/c1-2-14-11-10(13)7-9(8-16-11)12(20)15-3-5-19-6-4-17-18-19/h4,6-8H,2-3,5H2,1H3,(H,14,16)(H,15,20). The average Bonchev–Trinajstić information content (AvgIpc) is 2.94. The second-order valence-electron chi connectivity index (χ2n) is 4.01. The highest BCUT2D eigenvalue weighted by atomic mass is 35.5. The first-order valence-electron chi connectivity index (χ1n) is 6.22. The van der Waals surface area contributed by atoms with Crippen molar-refractivity contribution < 1.29 is 4.79 Å². The van der Waals surface area contributed by atoms with Crippen molar-refractivity contribution in [2.45, 2.75) is 13.5 Å². The molecule has 0 spiro atoms. The van der Waals surface area contributed by atoms with E-state index < -0.39 is 0 Å². The number of rotatable bonds is 6. The fraction of sp³-hybridized carbons (Fsp3) is 0.333. The number of anilines is 1. The van der Waals surface area contributed by atoms with Crippen LogP contribution in [0.1, 0.15) is 17.3 Å². The largest absolute Gasteiger partial charge is 0.369 e. The molecule has 7 nitrogen and oxygen atoms in total. The summed E-state index contributed by atoms with van der Waals surface area (Å²) in [7, 11) is 0. The summed E-state index contributed by atoms with van der Waals surface area (Å²) in [5.41, 5.74) is 0.426. The zero-order chi connectivity index (χ0) is 14.4. The minimum Gasteiger partial charge on any atom is -0.369 e. The molecule has 0 atom stereocenters. The summed E-state index contributed by atoms with van der Waals surface area (Å²) in [5, 5.41) is 13.7. The second-order valence-corrected chi connectivity index (χ2v) is 4.41. The lowest BCUT2D eigenvalue weighted by atomic mass is 10.2. The van der Waals surface area contributed by atoms with Crippen molar-refractivity contribution >= 4 is 23.3 Å². The molecule has 0 bridgehead atoms. The topological polar surface area (TPSA) is 84.7 Å². The monoisotopic (exact) mass is 294 g/mol. The maximum Gasteiger partial charge on any atom is 0.252 e. The third-order valence-electron chi connectivity index (χ3n) is 2.55. The zero-order valence-corrected chi connectivity index (χ0v) is 11.8. The number of halogens is 1. The van der Waals surface area contributed by atoms with Crippen molar-refractivity contribution in [1.29, 1.82) is 0 Å². The van der Waals surface area contributed by atoms with Gasteiger partial charge >= 0.3 is 0 Å². The van der Waals surface area contributed by atoms with E-state index in [4.69, 9.17) is 11.6 Å². The van der Waals surface area contributed by atoms with Gasteiger partial charge in [0.15, 0.2) is 0 Å². The lowest BCUT2D eigenvalue weighted by Gasteiger charge is -2.08. The van der Waals surface area contributed by atoms with Gasteiger partial charge in [-0.15, -0.1) is 5.10 Å². The van der Waals surface area contributed by atoms with Crippen molar-refractivity contribution in [2.24, 2.45) is 0 Å². The van der Waals surface area contributed by atoms with Crippen molar-refractivity contribution in [3.8, 4) is 0 Å². The fourth-order valence-electron chi connectivity index (χ4n) is 1.60. The molecule has 0 aliphatic heterocycles. The number of carbonyl (C=O) groups is 1. The highest BCUT2D eigenvalue weighted by Gasteiger charge is 2.09. The van der Waals surface area contributed by atoms with E-state index in [1.807, 2.05) is 6.92 Å². The molecule has 20 heavy (non-hydrogen) atoms. The second kappa shape index (κ2) is 6.85. The van der Waals surface area contributed by atoms with E-state index >= 15 is 0 Å². The third kappa shape index (κ3) is 3.67. The fourth-order valence-corrected chi connectivity index (χ4v) is 1.83. The van der Waals surface area contributed by atoms with Gasteiger partial charge in [-0.2, -0.15) is 0 Å². The van der Waals surface area contributed by atoms with E-state index in [0.717, 1.165) is 6.54 Å². The summed E-state index contributed by atoms with van der Waals surface area (Å²) in [6.45, 7) is 3.68. The van der Waals surface area contributed by atoms with E-state index in [0.29, 0.717) is 29.5 Å². The Kier molecular flexibility index (Phi) is 4.89. The van der Waals surface area contributed by atoms with Gasteiger partial charge in [-0.1, -0.05) is 16.8 Å². The molecule has 2 aromatic rings. The van der Waals surface area contributed by atoms with Gasteiger partial charge in [0.05, 0.1) is 23.3 Å². The van der Waals surface area contributed by atoms with Gasteiger partial charge < -0.3 is 10.6 Å². The number of pyridine rings is 1. The lowest BCUT2D eigenvalue weighted by molar-refractivity contribution is 0.0951. The van der Waals surface area contributed by atoms with E-state index in [2.05, 4.69) is 25.9 Å². The summed E-state index contributed by atoms with van der Waals surface area (Å²) in [6, 6.07) is 1.59. The van der Waals surface area contributed by atoms with Gasteiger partial charge in [0.1, 0.15) is 5.82 Å². The molecule has 0 fully saturated rings. The summed E-state index contributed by atoms with van der Waals surface area (Å²) < 4.78 is 1.64. The van der Waals surface area contributed by atoms with Crippen LogP contribution in [0, 0.1) is 0 Å². The summed E-state index contributed by atoms with van der Waals surface area (Å²) >= 11 is 6.04. The Balaban J connectivity index is 1.90. The van der Waals surface area contributed by atoms with Crippen LogP contribution in [-0.4, -0.2) is 39.0 Å². The molecule has 2 rings (SSSR count). The Morgan fingerprint density at radius 3 is 3.00 bits per heavy atom. The van der Waals surface area contributed by atoms with Gasteiger partial charge in [-0.25, -0.2) is 4.98 Å². The Morgan fingerprint density at radius 1 is 1.50 bits per heavy atom. The number of aromatic nitrogens is 4. The van der Waals surface area contributed by atoms with Gasteiger partial charge in [0.25, 0.3) is 5.91 Å². The van der Waals surface area contributed by atoms with Gasteiger partial charge in [-0.3, -0.25) is 9.48 Å². The Labute approximate surface area is 121 Å². The molecule has 2 N–H and O–H groups in total. The smallest absolute Gasteiger partial charge is 0.252 e. The molecule has 0 saturated carbocycles. The van der Waals surface area contributed by atoms with Gasteiger partial charge in [0, 0.05) is 25.5 Å². The van der Waals surface area contributed by atoms with Gasteiger partial charge in [0.2, 0.25) is 0 Å². The minimum absolute atomic E-state index is 0.220. The molecule has 0 radical (unpaired) electrons. The predicted molar refractivity (Wildman–Crippen MR) is 75.8 cm³/mol. The highest BCUT2D eigenvalue weighted by molar-refractivity contribution is 6.33. The summed E-state index contributed by atoms with van der Waals surface area (Å²) in [5.74, 6) is 0.357. The van der Waals surface area contributed by atoms with E-state index in [9.17, 15) is 4.79 Å². The first-order chi connectivity index (χ1) is 9.70. The van der Waals surface area contributed by atoms with Crippen LogP contribution in [0.4, 0.5) is 5.82 Å². The number of hydrogen-bond acceptors (Lipinski definition) is 5. The summed E-state index contributed by atoms with van der Waals surface area (Å²) in [4.78, 5) is 16.0. The normalized spacial score (nSPS) is 10.3. The molecule has 0 aliphatic carbocycles. The van der Waals surface area contributed by atoms with Crippen LogP contribution >= 0.6 is 11.6 Å². The SMILES string of the molecule is CCNc1ncc(C(=O)NCCn2ccnn2)cc1Cl. The quantitative estimate of drug-likeness (QED) is 0.836. The Bertz CT molecular complexity index is 571. The van der Waals surface area contributed by atoms with Crippen molar-refractivity contribution in [1.82, 2.24) is 25.3 Å². The first-order valence-corrected chi connectivity index (χ1v) is 6.60. The van der Waals surface area contributed by atoms with Crippen molar-refractivity contribution in [2.75, 3.05) is 18.4 Å². The van der Waals surface area contributed by atoms with Crippen molar-refractivity contribution in [3.63, 3.8) is 0 Å². The molecule has 0 saturated heterocycles. The molecule has 0 unspecified atom stereocenters. The van der Waals surface area contributed by atoms with Crippen LogP contribution in [0.25, 0.3) is 0 Å². The number of nitrogens with zero attached hydrogens (tertiary/aromatic N) is 4. The molecule has 1 amide bonds. The Hall–Kier alpha value is -2.15. The van der Waals surface area contributed by atoms with Crippen LogP contribution < -0.4 is 10.6 Å². The predicted octanol–water partition coefficient (Wildman–Crippen LogP) is 1.19. The number of hydrogen-bond donors (Lipinski definition) is 2. The Morgan fingerprint density at radius 2 is 2.35 bits per heavy atom. The zero-order valence-electron chi connectivity index (χ0n) is 11.0. The van der Waals surface area contributed by atoms with E-state index in [1.165, 1.54) is 6.20 Å². The molecular formula is C12H15ClN6O. The molecule has 8 heteroatoms.